The average Bonchev–Trinajstić information content (AvgIpc) is 2.39. The molecule has 0 spiro atoms. The molecular weight excluding hydrogens is 252 g/mol. The highest BCUT2D eigenvalue weighted by atomic mass is 16.1. The summed E-state index contributed by atoms with van der Waals surface area (Å²) < 4.78 is 0. The summed E-state index contributed by atoms with van der Waals surface area (Å²) >= 11 is 0. The van der Waals surface area contributed by atoms with Gasteiger partial charge in [-0.25, -0.2) is 9.97 Å². The summed E-state index contributed by atoms with van der Waals surface area (Å²) in [4.78, 5) is 22.3. The Morgan fingerprint density at radius 1 is 1.15 bits per heavy atom. The van der Waals surface area contributed by atoms with Crippen LogP contribution >= 0.6 is 0 Å². The van der Waals surface area contributed by atoms with E-state index in [1.54, 1.807) is 12.1 Å². The summed E-state index contributed by atoms with van der Waals surface area (Å²) in [6, 6.07) is 5.44. The molecule has 0 radical (unpaired) electrons. The molecule has 1 aromatic heterocycles. The summed E-state index contributed by atoms with van der Waals surface area (Å²) in [7, 11) is 4.12. The van der Waals surface area contributed by atoms with Crippen LogP contribution in [0.1, 0.15) is 21.7 Å². The van der Waals surface area contributed by atoms with Gasteiger partial charge in [-0.3, -0.25) is 4.79 Å². The first-order chi connectivity index (χ1) is 9.47. The van der Waals surface area contributed by atoms with E-state index in [0.29, 0.717) is 12.1 Å². The van der Waals surface area contributed by atoms with Gasteiger partial charge in [0, 0.05) is 5.56 Å². The van der Waals surface area contributed by atoms with Crippen molar-refractivity contribution in [1.82, 2.24) is 15.3 Å². The SMILES string of the molecule is Cc1nc2ccc(C(=O)NCC[NH+](C)C)cc2nc1C. The molecular formula is C15H21N4O+. The molecule has 1 amide bonds. The number of nitrogens with one attached hydrogen (secondary N) is 2. The van der Waals surface area contributed by atoms with Crippen LogP contribution in [0.25, 0.3) is 11.0 Å². The molecule has 5 nitrogen and oxygen atoms in total. The number of fused-ring (bicyclic) bond motifs is 1. The van der Waals surface area contributed by atoms with E-state index in [4.69, 9.17) is 0 Å². The largest absolute Gasteiger partial charge is 0.346 e. The van der Waals surface area contributed by atoms with Crippen molar-refractivity contribution in [2.24, 2.45) is 0 Å². The van der Waals surface area contributed by atoms with E-state index in [0.717, 1.165) is 29.0 Å². The third-order valence-corrected chi connectivity index (χ3v) is 3.25. The van der Waals surface area contributed by atoms with E-state index >= 15 is 0 Å². The monoisotopic (exact) mass is 273 g/mol. The van der Waals surface area contributed by atoms with Crippen molar-refractivity contribution in [2.45, 2.75) is 13.8 Å². The fourth-order valence-electron chi connectivity index (χ4n) is 1.90. The van der Waals surface area contributed by atoms with Crippen LogP contribution in [-0.2, 0) is 0 Å². The van der Waals surface area contributed by atoms with Gasteiger partial charge in [0.05, 0.1) is 49.6 Å². The molecule has 0 unspecified atom stereocenters. The molecule has 1 heterocycles. The van der Waals surface area contributed by atoms with Crippen molar-refractivity contribution in [3.05, 3.63) is 35.2 Å². The molecule has 2 N–H and O–H groups in total. The Balaban J connectivity index is 2.18. The van der Waals surface area contributed by atoms with Gasteiger partial charge in [-0.15, -0.1) is 0 Å². The molecule has 2 aromatic rings. The lowest BCUT2D eigenvalue weighted by Gasteiger charge is -2.09. The molecule has 5 heteroatoms. The number of hydrogen-bond donors (Lipinski definition) is 2. The first-order valence-corrected chi connectivity index (χ1v) is 6.79. The van der Waals surface area contributed by atoms with E-state index in [1.807, 2.05) is 19.9 Å². The van der Waals surface area contributed by atoms with Gasteiger partial charge < -0.3 is 10.2 Å². The van der Waals surface area contributed by atoms with Gasteiger partial charge in [-0.05, 0) is 32.0 Å². The lowest BCUT2D eigenvalue weighted by molar-refractivity contribution is -0.856. The number of amides is 1. The Morgan fingerprint density at radius 3 is 2.45 bits per heavy atom. The normalized spacial score (nSPS) is 11.1. The van der Waals surface area contributed by atoms with E-state index in [1.165, 1.54) is 4.90 Å². The van der Waals surface area contributed by atoms with Gasteiger partial charge >= 0.3 is 0 Å². The van der Waals surface area contributed by atoms with Gasteiger partial charge in [0.25, 0.3) is 5.91 Å². The number of hydrogen-bond acceptors (Lipinski definition) is 3. The Kier molecular flexibility index (Phi) is 4.29. The topological polar surface area (TPSA) is 59.3 Å². The first kappa shape index (κ1) is 14.4. The summed E-state index contributed by atoms with van der Waals surface area (Å²) in [5, 5.41) is 2.91. The number of likely N-dealkylation sites (N-methyl/N-ethyl adjacent to an activating group) is 1. The molecule has 0 bridgehead atoms. The zero-order chi connectivity index (χ0) is 14.7. The van der Waals surface area contributed by atoms with Crippen LogP contribution in [0, 0.1) is 13.8 Å². The number of rotatable bonds is 4. The highest BCUT2D eigenvalue weighted by Crippen LogP contribution is 2.14. The third kappa shape index (κ3) is 3.30. The van der Waals surface area contributed by atoms with Crippen molar-refractivity contribution < 1.29 is 9.69 Å². The molecule has 0 saturated heterocycles. The lowest BCUT2D eigenvalue weighted by atomic mass is 10.1. The van der Waals surface area contributed by atoms with Crippen LogP contribution in [-0.4, -0.2) is 43.1 Å². The molecule has 0 aliphatic rings. The van der Waals surface area contributed by atoms with Crippen LogP contribution in [0.5, 0.6) is 0 Å². The molecule has 0 atom stereocenters. The number of aryl methyl sites for hydroxylation is 2. The number of carbonyl (C=O) groups is 1. The Labute approximate surface area is 119 Å². The van der Waals surface area contributed by atoms with Gasteiger partial charge in [0.2, 0.25) is 0 Å². The van der Waals surface area contributed by atoms with Gasteiger partial charge in [0.15, 0.2) is 0 Å². The second kappa shape index (κ2) is 5.96. The van der Waals surface area contributed by atoms with Gasteiger partial charge in [-0.2, -0.15) is 0 Å². The number of aromatic nitrogens is 2. The van der Waals surface area contributed by atoms with Crippen LogP contribution in [0.2, 0.25) is 0 Å². The average molecular weight is 273 g/mol. The zero-order valence-corrected chi connectivity index (χ0v) is 12.4. The molecule has 0 saturated carbocycles. The van der Waals surface area contributed by atoms with E-state index in [-0.39, 0.29) is 5.91 Å². The fraction of sp³-hybridized carbons (Fsp3) is 0.400. The molecule has 0 fully saturated rings. The zero-order valence-electron chi connectivity index (χ0n) is 12.4. The summed E-state index contributed by atoms with van der Waals surface area (Å²) in [5.41, 5.74) is 4.03. The van der Waals surface area contributed by atoms with Crippen molar-refractivity contribution in [1.29, 1.82) is 0 Å². The summed E-state index contributed by atoms with van der Waals surface area (Å²) in [6.07, 6.45) is 0. The number of nitrogens with zero attached hydrogens (tertiary/aromatic N) is 2. The van der Waals surface area contributed by atoms with E-state index < -0.39 is 0 Å². The smallest absolute Gasteiger partial charge is 0.251 e. The maximum absolute atomic E-state index is 12.1. The van der Waals surface area contributed by atoms with Crippen LogP contribution in [0.3, 0.4) is 0 Å². The Morgan fingerprint density at radius 2 is 1.80 bits per heavy atom. The highest BCUT2D eigenvalue weighted by Gasteiger charge is 2.08. The third-order valence-electron chi connectivity index (χ3n) is 3.25. The molecule has 0 aliphatic heterocycles. The fourth-order valence-corrected chi connectivity index (χ4v) is 1.90. The molecule has 20 heavy (non-hydrogen) atoms. The van der Waals surface area contributed by atoms with Crippen LogP contribution < -0.4 is 10.2 Å². The minimum Gasteiger partial charge on any atom is -0.346 e. The second-order valence-corrected chi connectivity index (χ2v) is 5.31. The Bertz CT molecular complexity index is 637. The van der Waals surface area contributed by atoms with Crippen molar-refractivity contribution in [2.75, 3.05) is 27.2 Å². The first-order valence-electron chi connectivity index (χ1n) is 6.79. The standard InChI is InChI=1S/C15H20N4O/c1-10-11(2)18-14-9-12(5-6-13(14)17-10)15(20)16-7-8-19(3)4/h5-6,9H,7-8H2,1-4H3,(H,16,20)/p+1. The van der Waals surface area contributed by atoms with E-state index in [2.05, 4.69) is 29.4 Å². The maximum Gasteiger partial charge on any atom is 0.251 e. The minimum absolute atomic E-state index is 0.0619. The number of carbonyl (C=O) groups excluding carboxylic acids is 1. The van der Waals surface area contributed by atoms with Crippen molar-refractivity contribution in [3.63, 3.8) is 0 Å². The van der Waals surface area contributed by atoms with Crippen LogP contribution in [0.15, 0.2) is 18.2 Å². The van der Waals surface area contributed by atoms with Gasteiger partial charge in [0.1, 0.15) is 0 Å². The minimum atomic E-state index is -0.0619. The highest BCUT2D eigenvalue weighted by molar-refractivity contribution is 5.97. The molecule has 106 valence electrons. The number of quaternary nitrogens is 1. The van der Waals surface area contributed by atoms with E-state index in [9.17, 15) is 4.79 Å². The molecule has 1 aromatic carbocycles. The summed E-state index contributed by atoms with van der Waals surface area (Å²) in [6.45, 7) is 5.43. The van der Waals surface area contributed by atoms with Gasteiger partial charge in [-0.1, -0.05) is 0 Å². The molecule has 0 aliphatic carbocycles. The van der Waals surface area contributed by atoms with Crippen molar-refractivity contribution in [3.8, 4) is 0 Å². The van der Waals surface area contributed by atoms with Crippen molar-refractivity contribution >= 4 is 16.9 Å². The van der Waals surface area contributed by atoms with Crippen LogP contribution in [0.4, 0.5) is 0 Å². The summed E-state index contributed by atoms with van der Waals surface area (Å²) in [5.74, 6) is -0.0619. The quantitative estimate of drug-likeness (QED) is 0.832. The molecule has 2 rings (SSSR count). The lowest BCUT2D eigenvalue weighted by Crippen LogP contribution is -3.06. The predicted octanol–water partition coefficient (Wildman–Crippen LogP) is 0.121. The predicted molar refractivity (Wildman–Crippen MR) is 79.0 cm³/mol. The Hall–Kier alpha value is -2.01. The second-order valence-electron chi connectivity index (χ2n) is 5.31. The maximum atomic E-state index is 12.1. The number of benzene rings is 1.